The zero-order valence-electron chi connectivity index (χ0n) is 22.8. The lowest BCUT2D eigenvalue weighted by Crippen LogP contribution is -2.71. The zero-order chi connectivity index (χ0) is 31.5. The van der Waals surface area contributed by atoms with Crippen LogP contribution in [0, 0.1) is 0 Å². The summed E-state index contributed by atoms with van der Waals surface area (Å²) in [4.78, 5) is 44.0. The van der Waals surface area contributed by atoms with Gasteiger partial charge in [0, 0.05) is 24.0 Å². The van der Waals surface area contributed by atoms with Crippen molar-refractivity contribution in [1.29, 1.82) is 0 Å². The van der Waals surface area contributed by atoms with Gasteiger partial charge in [0.1, 0.15) is 18.8 Å². The summed E-state index contributed by atoms with van der Waals surface area (Å²) in [6, 6.07) is 7.33. The highest BCUT2D eigenvalue weighted by molar-refractivity contribution is 9.10. The van der Waals surface area contributed by atoms with Crippen LogP contribution in [-0.4, -0.2) is 64.4 Å². The highest BCUT2D eigenvalue weighted by Crippen LogP contribution is 2.37. The van der Waals surface area contributed by atoms with Crippen LogP contribution in [0.5, 0.6) is 0 Å². The lowest BCUT2D eigenvalue weighted by Gasteiger charge is -2.52. The molecule has 0 bridgehead atoms. The molecule has 3 amide bonds. The van der Waals surface area contributed by atoms with Gasteiger partial charge in [-0.05, 0) is 67.3 Å². The van der Waals surface area contributed by atoms with Crippen molar-refractivity contribution in [2.75, 3.05) is 19.6 Å². The number of hydrogen-bond donors (Lipinski definition) is 1. The molecule has 0 radical (unpaired) electrons. The summed E-state index contributed by atoms with van der Waals surface area (Å²) >= 11 is 3.39. The Labute approximate surface area is 251 Å². The van der Waals surface area contributed by atoms with Gasteiger partial charge in [0.2, 0.25) is 11.8 Å². The summed E-state index contributed by atoms with van der Waals surface area (Å²) in [5.74, 6) is -0.657. The molecular weight excluding hydrogens is 650 g/mol. The summed E-state index contributed by atoms with van der Waals surface area (Å²) in [5, 5.41) is 0. The van der Waals surface area contributed by atoms with Crippen molar-refractivity contribution >= 4 is 33.8 Å². The van der Waals surface area contributed by atoms with Gasteiger partial charge in [0.25, 0.3) is 0 Å². The molecular formula is C28H29BrF6N4O4. The van der Waals surface area contributed by atoms with Gasteiger partial charge in [0.15, 0.2) is 0 Å². The second kappa shape index (κ2) is 13.1. The van der Waals surface area contributed by atoms with Crippen LogP contribution in [0.2, 0.25) is 0 Å². The molecule has 0 unspecified atom stereocenters. The summed E-state index contributed by atoms with van der Waals surface area (Å²) < 4.78 is 85.7. The fraction of sp³-hybridized carbons (Fsp3) is 0.464. The van der Waals surface area contributed by atoms with Crippen molar-refractivity contribution in [1.82, 2.24) is 14.7 Å². The standard InChI is InChI=1S/C28H29BrF6N4O4/c29-21-5-3-4-17(12-21)14-37-15-23-38(9-7-24(40)39(23)22(25(37)41)6-1-2-8-36)26(42)43-16-18-10-19(27(30,31)32)13-20(11-18)28(33,34)35/h3-5,10-13,22-23H,1-2,6-9,14-16,36H2/t22-,23+/m0/s1. The minimum Gasteiger partial charge on any atom is -0.444 e. The van der Waals surface area contributed by atoms with E-state index in [4.69, 9.17) is 10.5 Å². The van der Waals surface area contributed by atoms with Crippen LogP contribution < -0.4 is 5.73 Å². The number of rotatable bonds is 8. The number of hydrogen-bond acceptors (Lipinski definition) is 5. The maximum absolute atomic E-state index is 13.6. The van der Waals surface area contributed by atoms with Crippen LogP contribution in [0.4, 0.5) is 31.1 Å². The van der Waals surface area contributed by atoms with Crippen LogP contribution in [-0.2, 0) is 39.8 Å². The van der Waals surface area contributed by atoms with Crippen LogP contribution in [0.1, 0.15) is 47.9 Å². The molecule has 0 spiro atoms. The van der Waals surface area contributed by atoms with Crippen LogP contribution >= 0.6 is 15.9 Å². The third-order valence-corrected chi connectivity index (χ3v) is 7.78. The number of unbranched alkanes of at least 4 members (excludes halogenated alkanes) is 1. The molecule has 2 aliphatic heterocycles. The molecule has 8 nitrogen and oxygen atoms in total. The highest BCUT2D eigenvalue weighted by Gasteiger charge is 2.49. The molecule has 43 heavy (non-hydrogen) atoms. The molecule has 2 fully saturated rings. The van der Waals surface area contributed by atoms with E-state index in [1.165, 1.54) is 14.7 Å². The van der Waals surface area contributed by atoms with Gasteiger partial charge in [-0.25, -0.2) is 4.79 Å². The molecule has 234 valence electrons. The number of amides is 3. The van der Waals surface area contributed by atoms with E-state index in [1.807, 2.05) is 18.2 Å². The first-order valence-electron chi connectivity index (χ1n) is 13.4. The van der Waals surface area contributed by atoms with E-state index < -0.39 is 54.0 Å². The number of fused-ring (bicyclic) bond motifs is 1. The average Bonchev–Trinajstić information content (AvgIpc) is 2.93. The van der Waals surface area contributed by atoms with E-state index in [0.29, 0.717) is 37.9 Å². The predicted molar refractivity (Wildman–Crippen MR) is 145 cm³/mol. The maximum atomic E-state index is 13.6. The molecule has 2 N–H and O–H groups in total. The van der Waals surface area contributed by atoms with Gasteiger partial charge in [-0.2, -0.15) is 26.3 Å². The number of nitrogens with zero attached hydrogens (tertiary/aromatic N) is 3. The quantitative estimate of drug-likeness (QED) is 0.293. The second-order valence-corrected chi connectivity index (χ2v) is 11.3. The fourth-order valence-electron chi connectivity index (χ4n) is 5.28. The Morgan fingerprint density at radius 1 is 0.977 bits per heavy atom. The third-order valence-electron chi connectivity index (χ3n) is 7.29. The van der Waals surface area contributed by atoms with Gasteiger partial charge in [-0.1, -0.05) is 28.1 Å². The topological polar surface area (TPSA) is 96.2 Å². The number of ether oxygens (including phenoxy) is 1. The minimum absolute atomic E-state index is 0.0108. The molecule has 15 heteroatoms. The fourth-order valence-corrected chi connectivity index (χ4v) is 5.73. The van der Waals surface area contributed by atoms with Crippen molar-refractivity contribution in [3.8, 4) is 0 Å². The molecule has 0 aliphatic carbocycles. The molecule has 0 aromatic heterocycles. The zero-order valence-corrected chi connectivity index (χ0v) is 24.3. The molecule has 2 saturated heterocycles. The monoisotopic (exact) mass is 678 g/mol. The third kappa shape index (κ3) is 7.80. The molecule has 2 aliphatic rings. The van der Waals surface area contributed by atoms with E-state index in [2.05, 4.69) is 15.9 Å². The average molecular weight is 679 g/mol. The Kier molecular flexibility index (Phi) is 9.94. The summed E-state index contributed by atoms with van der Waals surface area (Å²) in [7, 11) is 0. The first-order valence-corrected chi connectivity index (χ1v) is 14.2. The highest BCUT2D eigenvalue weighted by atomic mass is 79.9. The molecule has 4 rings (SSSR count). The Balaban J connectivity index is 1.58. The Bertz CT molecular complexity index is 1320. The first kappa shape index (κ1) is 32.6. The Morgan fingerprint density at radius 2 is 1.65 bits per heavy atom. The van der Waals surface area contributed by atoms with Gasteiger partial charge >= 0.3 is 18.4 Å². The number of nitrogens with two attached hydrogens (primary N) is 1. The van der Waals surface area contributed by atoms with Crippen LogP contribution in [0.25, 0.3) is 0 Å². The normalized spacial score (nSPS) is 19.5. The molecule has 2 aromatic rings. The Hall–Kier alpha value is -3.33. The SMILES string of the molecule is NCCCC[C@H]1C(=O)N(Cc2cccc(Br)c2)C[C@@H]2N(C(=O)OCc3cc(C(F)(F)F)cc(C(F)(F)F)c3)CCC(=O)N21. The van der Waals surface area contributed by atoms with Crippen molar-refractivity contribution < 1.29 is 45.5 Å². The Morgan fingerprint density at radius 3 is 2.26 bits per heavy atom. The lowest BCUT2D eigenvalue weighted by atomic mass is 9.98. The van der Waals surface area contributed by atoms with Crippen molar-refractivity contribution in [3.05, 3.63) is 69.2 Å². The van der Waals surface area contributed by atoms with Gasteiger partial charge < -0.3 is 20.3 Å². The van der Waals surface area contributed by atoms with Crippen molar-refractivity contribution in [3.63, 3.8) is 0 Å². The number of piperazine rings is 1. The van der Waals surface area contributed by atoms with E-state index in [-0.39, 0.29) is 43.9 Å². The molecule has 2 heterocycles. The lowest BCUT2D eigenvalue weighted by molar-refractivity contribution is -0.169. The van der Waals surface area contributed by atoms with E-state index in [1.54, 1.807) is 6.07 Å². The van der Waals surface area contributed by atoms with Gasteiger partial charge in [0.05, 0.1) is 17.7 Å². The minimum atomic E-state index is -5.06. The van der Waals surface area contributed by atoms with E-state index in [9.17, 15) is 40.7 Å². The van der Waals surface area contributed by atoms with Gasteiger partial charge in [-0.3, -0.25) is 14.5 Å². The van der Waals surface area contributed by atoms with Crippen LogP contribution in [0.3, 0.4) is 0 Å². The molecule has 2 atom stereocenters. The molecule has 0 saturated carbocycles. The summed E-state index contributed by atoms with van der Waals surface area (Å²) in [5.41, 5.74) is 2.84. The van der Waals surface area contributed by atoms with E-state index >= 15 is 0 Å². The van der Waals surface area contributed by atoms with Gasteiger partial charge in [-0.15, -0.1) is 0 Å². The largest absolute Gasteiger partial charge is 0.444 e. The summed E-state index contributed by atoms with van der Waals surface area (Å²) in [6.45, 7) is -0.490. The maximum Gasteiger partial charge on any atom is 0.416 e. The molecule has 2 aromatic carbocycles. The number of halogens is 7. The van der Waals surface area contributed by atoms with E-state index in [0.717, 1.165) is 10.0 Å². The first-order chi connectivity index (χ1) is 20.2. The summed E-state index contributed by atoms with van der Waals surface area (Å²) in [6.07, 6.45) is -10.8. The number of carbonyl (C=O) groups is 3. The van der Waals surface area contributed by atoms with Crippen molar-refractivity contribution in [2.24, 2.45) is 5.73 Å². The predicted octanol–water partition coefficient (Wildman–Crippen LogP) is 5.52. The van der Waals surface area contributed by atoms with Crippen LogP contribution in [0.15, 0.2) is 46.9 Å². The number of alkyl halides is 6. The smallest absolute Gasteiger partial charge is 0.416 e. The number of benzene rings is 2. The number of carbonyl (C=O) groups excluding carboxylic acids is 3. The second-order valence-electron chi connectivity index (χ2n) is 10.3. The van der Waals surface area contributed by atoms with Crippen molar-refractivity contribution in [2.45, 2.75) is 63.4 Å².